The number of hydrogen-bond donors (Lipinski definition) is 1. The van der Waals surface area contributed by atoms with Crippen molar-refractivity contribution >= 4 is 17.2 Å². The zero-order valence-corrected chi connectivity index (χ0v) is 19.4. The van der Waals surface area contributed by atoms with E-state index in [9.17, 15) is 4.79 Å². The molecule has 6 nitrogen and oxygen atoms in total. The first-order valence-corrected chi connectivity index (χ1v) is 11.8. The lowest BCUT2D eigenvalue weighted by Crippen LogP contribution is -2.43. The van der Waals surface area contributed by atoms with Crippen molar-refractivity contribution in [3.63, 3.8) is 0 Å². The summed E-state index contributed by atoms with van der Waals surface area (Å²) >= 11 is 1.60. The van der Waals surface area contributed by atoms with Crippen LogP contribution in [0.1, 0.15) is 38.2 Å². The molecule has 1 N–H and O–H groups in total. The number of thiazole rings is 1. The number of amides is 1. The van der Waals surface area contributed by atoms with Crippen LogP contribution in [0.5, 0.6) is 5.75 Å². The molecular formula is C25H29N3O3S. The highest BCUT2D eigenvalue weighted by Crippen LogP contribution is 2.23. The van der Waals surface area contributed by atoms with E-state index in [4.69, 9.17) is 9.47 Å². The Morgan fingerprint density at radius 1 is 1.19 bits per heavy atom. The molecule has 32 heavy (non-hydrogen) atoms. The van der Waals surface area contributed by atoms with Crippen LogP contribution in [-0.2, 0) is 11.3 Å². The number of nitrogens with zero attached hydrogens (tertiary/aromatic N) is 2. The van der Waals surface area contributed by atoms with Gasteiger partial charge in [-0.25, -0.2) is 4.98 Å². The Balaban J connectivity index is 1.41. The Morgan fingerprint density at radius 3 is 2.75 bits per heavy atom. The quantitative estimate of drug-likeness (QED) is 0.558. The fourth-order valence-electron chi connectivity index (χ4n) is 3.87. The molecule has 1 amide bonds. The van der Waals surface area contributed by atoms with Gasteiger partial charge in [-0.1, -0.05) is 35.9 Å². The summed E-state index contributed by atoms with van der Waals surface area (Å²) in [4.78, 5) is 19.7. The summed E-state index contributed by atoms with van der Waals surface area (Å²) in [6.45, 7) is 8.13. The molecule has 0 aliphatic carbocycles. The Labute approximate surface area is 193 Å². The average molecular weight is 452 g/mol. The predicted molar refractivity (Wildman–Crippen MR) is 126 cm³/mol. The van der Waals surface area contributed by atoms with Crippen molar-refractivity contribution in [2.45, 2.75) is 26.5 Å². The highest BCUT2D eigenvalue weighted by Gasteiger charge is 2.23. The van der Waals surface area contributed by atoms with Crippen LogP contribution >= 0.6 is 11.3 Å². The molecular weight excluding hydrogens is 422 g/mol. The Morgan fingerprint density at radius 2 is 2.00 bits per heavy atom. The topological polar surface area (TPSA) is 63.7 Å². The minimum absolute atomic E-state index is 0.106. The van der Waals surface area contributed by atoms with Crippen molar-refractivity contribution in [2.24, 2.45) is 0 Å². The fraction of sp³-hybridized carbons (Fsp3) is 0.360. The third-order valence-corrected chi connectivity index (χ3v) is 6.34. The van der Waals surface area contributed by atoms with E-state index in [2.05, 4.69) is 46.4 Å². The maximum absolute atomic E-state index is 12.9. The van der Waals surface area contributed by atoms with Gasteiger partial charge in [-0.15, -0.1) is 11.3 Å². The van der Waals surface area contributed by atoms with E-state index in [1.807, 2.05) is 30.5 Å². The van der Waals surface area contributed by atoms with Crippen LogP contribution < -0.4 is 10.1 Å². The molecule has 7 heteroatoms. The molecule has 1 fully saturated rings. The maximum atomic E-state index is 12.9. The predicted octanol–water partition coefficient (Wildman–Crippen LogP) is 4.14. The van der Waals surface area contributed by atoms with E-state index < -0.39 is 0 Å². The molecule has 168 valence electrons. The number of morpholine rings is 1. The minimum Gasteiger partial charge on any atom is -0.487 e. The Kier molecular flexibility index (Phi) is 7.52. The summed E-state index contributed by atoms with van der Waals surface area (Å²) in [6.07, 6.45) is 0. The Hall–Kier alpha value is -2.74. The van der Waals surface area contributed by atoms with Gasteiger partial charge in [0.05, 0.1) is 30.0 Å². The standard InChI is InChI=1S/C25H29N3O3S/c1-18-5-3-6-20(13-18)24(28-9-11-30-12-10-28)15-26-25(29)21-7-4-8-23(14-21)31-16-22-17-32-19(2)27-22/h3-8,13-14,17,24H,9-12,15-16H2,1-2H3,(H,26,29). The number of nitrogens with one attached hydrogen (secondary N) is 1. The third kappa shape index (κ3) is 5.94. The number of carbonyl (C=O) groups excluding carboxylic acids is 1. The molecule has 1 atom stereocenters. The molecule has 3 aromatic rings. The zero-order valence-electron chi connectivity index (χ0n) is 18.5. The summed E-state index contributed by atoms with van der Waals surface area (Å²) in [5.41, 5.74) is 3.91. The van der Waals surface area contributed by atoms with E-state index >= 15 is 0 Å². The van der Waals surface area contributed by atoms with Gasteiger partial charge in [0.1, 0.15) is 12.4 Å². The van der Waals surface area contributed by atoms with Crippen molar-refractivity contribution in [3.05, 3.63) is 81.3 Å². The monoisotopic (exact) mass is 451 g/mol. The molecule has 0 bridgehead atoms. The van der Waals surface area contributed by atoms with Crippen LogP contribution in [-0.4, -0.2) is 48.6 Å². The first-order chi connectivity index (χ1) is 15.6. The van der Waals surface area contributed by atoms with Crippen LogP contribution in [0.2, 0.25) is 0 Å². The Bertz CT molecular complexity index is 1050. The van der Waals surface area contributed by atoms with E-state index in [1.165, 1.54) is 11.1 Å². The van der Waals surface area contributed by atoms with Crippen LogP contribution in [0.15, 0.2) is 53.9 Å². The highest BCUT2D eigenvalue weighted by molar-refractivity contribution is 7.09. The summed E-state index contributed by atoms with van der Waals surface area (Å²) in [5.74, 6) is 0.553. The van der Waals surface area contributed by atoms with Gasteiger partial charge in [-0.3, -0.25) is 9.69 Å². The van der Waals surface area contributed by atoms with Crippen molar-refractivity contribution in [3.8, 4) is 5.75 Å². The van der Waals surface area contributed by atoms with Gasteiger partial charge in [0.2, 0.25) is 0 Å². The van der Waals surface area contributed by atoms with Gasteiger partial charge in [0, 0.05) is 30.6 Å². The van der Waals surface area contributed by atoms with Crippen molar-refractivity contribution in [1.82, 2.24) is 15.2 Å². The summed E-state index contributed by atoms with van der Waals surface area (Å²) < 4.78 is 11.4. The molecule has 2 heterocycles. The molecule has 1 aliphatic heterocycles. The zero-order chi connectivity index (χ0) is 22.3. The molecule has 1 unspecified atom stereocenters. The molecule has 0 radical (unpaired) electrons. The second-order valence-electron chi connectivity index (χ2n) is 7.96. The SMILES string of the molecule is Cc1cccc(C(CNC(=O)c2cccc(OCc3csc(C)n3)c2)N2CCOCC2)c1. The smallest absolute Gasteiger partial charge is 0.251 e. The lowest BCUT2D eigenvalue weighted by molar-refractivity contribution is 0.0162. The largest absolute Gasteiger partial charge is 0.487 e. The first kappa shape index (κ1) is 22.5. The number of hydrogen-bond acceptors (Lipinski definition) is 6. The van der Waals surface area contributed by atoms with Gasteiger partial charge < -0.3 is 14.8 Å². The van der Waals surface area contributed by atoms with E-state index in [-0.39, 0.29) is 11.9 Å². The molecule has 1 saturated heterocycles. The number of aryl methyl sites for hydroxylation is 2. The van der Waals surface area contributed by atoms with Crippen LogP contribution in [0.4, 0.5) is 0 Å². The summed E-state index contributed by atoms with van der Waals surface area (Å²) in [6, 6.07) is 15.9. The second kappa shape index (κ2) is 10.7. The number of benzene rings is 2. The van der Waals surface area contributed by atoms with Gasteiger partial charge >= 0.3 is 0 Å². The van der Waals surface area contributed by atoms with Gasteiger partial charge in [-0.05, 0) is 37.6 Å². The van der Waals surface area contributed by atoms with E-state index in [0.717, 1.165) is 23.8 Å². The summed E-state index contributed by atoms with van der Waals surface area (Å²) in [7, 11) is 0. The van der Waals surface area contributed by atoms with E-state index in [0.29, 0.717) is 37.7 Å². The fourth-order valence-corrected chi connectivity index (χ4v) is 4.47. The lowest BCUT2D eigenvalue weighted by atomic mass is 10.0. The molecule has 4 rings (SSSR count). The van der Waals surface area contributed by atoms with Gasteiger partial charge in [0.15, 0.2) is 0 Å². The van der Waals surface area contributed by atoms with Crippen molar-refractivity contribution in [1.29, 1.82) is 0 Å². The highest BCUT2D eigenvalue weighted by atomic mass is 32.1. The normalized spacial score (nSPS) is 15.3. The molecule has 0 saturated carbocycles. The molecule has 2 aromatic carbocycles. The number of aromatic nitrogens is 1. The lowest BCUT2D eigenvalue weighted by Gasteiger charge is -2.35. The molecule has 0 spiro atoms. The second-order valence-corrected chi connectivity index (χ2v) is 9.02. The number of carbonyl (C=O) groups is 1. The van der Waals surface area contributed by atoms with Crippen LogP contribution in [0.3, 0.4) is 0 Å². The van der Waals surface area contributed by atoms with E-state index in [1.54, 1.807) is 17.4 Å². The third-order valence-electron chi connectivity index (χ3n) is 5.52. The van der Waals surface area contributed by atoms with Crippen molar-refractivity contribution < 1.29 is 14.3 Å². The minimum atomic E-state index is -0.106. The number of rotatable bonds is 8. The molecule has 1 aromatic heterocycles. The van der Waals surface area contributed by atoms with Gasteiger partial charge in [0.25, 0.3) is 5.91 Å². The van der Waals surface area contributed by atoms with Crippen LogP contribution in [0.25, 0.3) is 0 Å². The first-order valence-electron chi connectivity index (χ1n) is 10.9. The van der Waals surface area contributed by atoms with Gasteiger partial charge in [-0.2, -0.15) is 0 Å². The summed E-state index contributed by atoms with van der Waals surface area (Å²) in [5, 5.41) is 6.13. The van der Waals surface area contributed by atoms with Crippen LogP contribution in [0, 0.1) is 13.8 Å². The van der Waals surface area contributed by atoms with Crippen molar-refractivity contribution in [2.75, 3.05) is 32.8 Å². The maximum Gasteiger partial charge on any atom is 0.251 e. The average Bonchev–Trinajstić information content (AvgIpc) is 3.24. The number of ether oxygens (including phenoxy) is 2. The molecule has 1 aliphatic rings.